The summed E-state index contributed by atoms with van der Waals surface area (Å²) in [4.78, 5) is 2.33. The summed E-state index contributed by atoms with van der Waals surface area (Å²) >= 11 is 0. The molecule has 104 valence electrons. The molecule has 0 aliphatic rings. The van der Waals surface area contributed by atoms with Crippen LogP contribution in [-0.4, -0.2) is 37.7 Å². The van der Waals surface area contributed by atoms with Gasteiger partial charge in [-0.2, -0.15) is 8.42 Å². The summed E-state index contributed by atoms with van der Waals surface area (Å²) in [5.41, 5.74) is 2.46. The fraction of sp³-hybridized carbons (Fsp3) is 0.455. The smallest absolute Gasteiger partial charge is 0.388 e. The van der Waals surface area contributed by atoms with Crippen LogP contribution in [0.15, 0.2) is 24.3 Å². The second-order valence-electron chi connectivity index (χ2n) is 3.42. The van der Waals surface area contributed by atoms with Crippen molar-refractivity contribution in [1.29, 1.82) is 0 Å². The van der Waals surface area contributed by atoms with E-state index in [0.717, 1.165) is 13.1 Å². The van der Waals surface area contributed by atoms with Crippen LogP contribution < -0.4 is 10.2 Å². The second kappa shape index (κ2) is 7.91. The van der Waals surface area contributed by atoms with Gasteiger partial charge >= 0.3 is 10.4 Å². The van der Waals surface area contributed by atoms with E-state index in [1.807, 2.05) is 7.05 Å². The number of nitrogens with zero attached hydrogens (tertiary/aromatic N) is 1. The number of benzene rings is 1. The van der Waals surface area contributed by atoms with Crippen LogP contribution in [0.3, 0.4) is 0 Å². The van der Waals surface area contributed by atoms with Gasteiger partial charge in [-0.05, 0) is 32.0 Å². The lowest BCUT2D eigenvalue weighted by atomic mass is 10.2. The molecule has 0 fully saturated rings. The molecular weight excluding hydrogens is 256 g/mol. The van der Waals surface area contributed by atoms with E-state index in [2.05, 4.69) is 48.3 Å². The Hall–Kier alpha value is -1.31. The fourth-order valence-corrected chi connectivity index (χ4v) is 1.45. The predicted octanol–water partition coefficient (Wildman–Crippen LogP) is 1.92. The Morgan fingerprint density at radius 1 is 1.22 bits per heavy atom. The van der Waals surface area contributed by atoms with Crippen LogP contribution in [0.5, 0.6) is 0 Å². The third-order valence-corrected chi connectivity index (χ3v) is 2.26. The number of anilines is 2. The van der Waals surface area contributed by atoms with E-state index >= 15 is 0 Å². The Balaban J connectivity index is 0.000000494. The van der Waals surface area contributed by atoms with E-state index in [1.165, 1.54) is 11.4 Å². The van der Waals surface area contributed by atoms with Crippen molar-refractivity contribution in [3.8, 4) is 0 Å². The lowest BCUT2D eigenvalue weighted by Crippen LogP contribution is -2.21. The van der Waals surface area contributed by atoms with Crippen LogP contribution in [0.4, 0.5) is 11.4 Å². The van der Waals surface area contributed by atoms with E-state index in [9.17, 15) is 0 Å². The third kappa shape index (κ3) is 7.88. The van der Waals surface area contributed by atoms with Crippen LogP contribution >= 0.6 is 0 Å². The number of nitrogens with one attached hydrogen (secondary N) is 1. The quantitative estimate of drug-likeness (QED) is 0.728. The molecule has 0 saturated heterocycles. The maximum absolute atomic E-state index is 8.74. The molecule has 1 rings (SSSR count). The lowest BCUT2D eigenvalue weighted by molar-refractivity contribution is 0.381. The fourth-order valence-electron chi connectivity index (χ4n) is 1.45. The minimum atomic E-state index is -4.67. The first-order valence-corrected chi connectivity index (χ1v) is 6.94. The molecule has 0 bridgehead atoms. The average Bonchev–Trinajstić information content (AvgIpc) is 2.29. The van der Waals surface area contributed by atoms with Crippen LogP contribution in [0, 0.1) is 0 Å². The largest absolute Gasteiger partial charge is 0.394 e. The molecule has 3 N–H and O–H groups in total. The van der Waals surface area contributed by atoms with Crippen molar-refractivity contribution in [3.05, 3.63) is 24.3 Å². The summed E-state index contributed by atoms with van der Waals surface area (Å²) in [7, 11) is -2.72. The minimum Gasteiger partial charge on any atom is -0.388 e. The molecule has 0 aromatic heterocycles. The number of hydrogen-bond donors (Lipinski definition) is 3. The van der Waals surface area contributed by atoms with Gasteiger partial charge in [-0.1, -0.05) is 6.07 Å². The second-order valence-corrected chi connectivity index (χ2v) is 4.32. The summed E-state index contributed by atoms with van der Waals surface area (Å²) in [5.74, 6) is 0. The first-order valence-electron chi connectivity index (χ1n) is 5.54. The van der Waals surface area contributed by atoms with Crippen molar-refractivity contribution in [2.24, 2.45) is 0 Å². The maximum Gasteiger partial charge on any atom is 0.394 e. The third-order valence-electron chi connectivity index (χ3n) is 2.26. The zero-order valence-electron chi connectivity index (χ0n) is 10.8. The van der Waals surface area contributed by atoms with Gasteiger partial charge in [0.05, 0.1) is 0 Å². The van der Waals surface area contributed by atoms with Crippen molar-refractivity contribution in [2.75, 3.05) is 30.4 Å². The Morgan fingerprint density at radius 2 is 1.72 bits per heavy atom. The van der Waals surface area contributed by atoms with Crippen LogP contribution in [-0.2, 0) is 10.4 Å². The molecule has 6 nitrogen and oxygen atoms in total. The van der Waals surface area contributed by atoms with Gasteiger partial charge in [0.15, 0.2) is 0 Å². The van der Waals surface area contributed by atoms with Gasteiger partial charge in [0, 0.05) is 31.5 Å². The lowest BCUT2D eigenvalue weighted by Gasteiger charge is -2.21. The van der Waals surface area contributed by atoms with Gasteiger partial charge in [-0.15, -0.1) is 0 Å². The molecule has 0 heterocycles. The maximum atomic E-state index is 8.74. The average molecular weight is 276 g/mol. The SMILES string of the molecule is CCN(CC)c1cccc(NC)c1.O=S(=O)(O)O. The van der Waals surface area contributed by atoms with E-state index in [0.29, 0.717) is 0 Å². The van der Waals surface area contributed by atoms with Crippen molar-refractivity contribution in [1.82, 2.24) is 0 Å². The first kappa shape index (κ1) is 16.7. The van der Waals surface area contributed by atoms with Gasteiger partial charge < -0.3 is 10.2 Å². The van der Waals surface area contributed by atoms with Gasteiger partial charge in [-0.3, -0.25) is 9.11 Å². The van der Waals surface area contributed by atoms with E-state index in [4.69, 9.17) is 17.5 Å². The van der Waals surface area contributed by atoms with E-state index < -0.39 is 10.4 Å². The van der Waals surface area contributed by atoms with Crippen molar-refractivity contribution < 1.29 is 17.5 Å². The molecule has 0 atom stereocenters. The van der Waals surface area contributed by atoms with Crippen molar-refractivity contribution in [2.45, 2.75) is 13.8 Å². The summed E-state index contributed by atoms with van der Waals surface area (Å²) in [5, 5.41) is 3.14. The minimum absolute atomic E-state index is 1.06. The molecule has 0 unspecified atom stereocenters. The van der Waals surface area contributed by atoms with E-state index in [1.54, 1.807) is 0 Å². The number of rotatable bonds is 4. The first-order chi connectivity index (χ1) is 8.31. The Morgan fingerprint density at radius 3 is 2.11 bits per heavy atom. The van der Waals surface area contributed by atoms with Crippen LogP contribution in [0.1, 0.15) is 13.8 Å². The Bertz CT molecular complexity index is 436. The van der Waals surface area contributed by atoms with Gasteiger partial charge in [0.1, 0.15) is 0 Å². The van der Waals surface area contributed by atoms with Gasteiger partial charge in [-0.25, -0.2) is 0 Å². The molecule has 0 aliphatic carbocycles. The highest BCUT2D eigenvalue weighted by Gasteiger charge is 2.00. The zero-order valence-corrected chi connectivity index (χ0v) is 11.6. The predicted molar refractivity (Wildman–Crippen MR) is 73.7 cm³/mol. The zero-order chi connectivity index (χ0) is 14.2. The summed E-state index contributed by atoms with van der Waals surface area (Å²) in [6.45, 7) is 6.47. The molecule has 7 heteroatoms. The van der Waals surface area contributed by atoms with Gasteiger partial charge in [0.25, 0.3) is 0 Å². The normalized spacial score (nSPS) is 10.3. The molecule has 18 heavy (non-hydrogen) atoms. The number of hydrogen-bond acceptors (Lipinski definition) is 4. The molecular formula is C11H20N2O4S. The highest BCUT2D eigenvalue weighted by atomic mass is 32.3. The van der Waals surface area contributed by atoms with E-state index in [-0.39, 0.29) is 0 Å². The molecule has 0 aliphatic heterocycles. The monoisotopic (exact) mass is 276 g/mol. The van der Waals surface area contributed by atoms with Crippen LogP contribution in [0.2, 0.25) is 0 Å². The van der Waals surface area contributed by atoms with Gasteiger partial charge in [0.2, 0.25) is 0 Å². The molecule has 1 aromatic carbocycles. The van der Waals surface area contributed by atoms with Crippen LogP contribution in [0.25, 0.3) is 0 Å². The highest BCUT2D eigenvalue weighted by Crippen LogP contribution is 2.18. The van der Waals surface area contributed by atoms with Crippen molar-refractivity contribution >= 4 is 21.8 Å². The Kier molecular flexibility index (Phi) is 7.33. The van der Waals surface area contributed by atoms with Crippen molar-refractivity contribution in [3.63, 3.8) is 0 Å². The standard InChI is InChI=1S/C11H18N2.H2O4S/c1-4-13(5-2)11-8-6-7-10(9-11)12-3;1-5(2,3)4/h6-9,12H,4-5H2,1-3H3;(H2,1,2,3,4). The Labute approximate surface area is 108 Å². The topological polar surface area (TPSA) is 89.9 Å². The highest BCUT2D eigenvalue weighted by molar-refractivity contribution is 7.79. The molecule has 0 saturated carbocycles. The summed E-state index contributed by atoms with van der Waals surface area (Å²) in [6, 6.07) is 8.48. The summed E-state index contributed by atoms with van der Waals surface area (Å²) in [6.07, 6.45) is 0. The molecule has 0 radical (unpaired) electrons. The molecule has 0 spiro atoms. The molecule has 0 amide bonds. The summed E-state index contributed by atoms with van der Waals surface area (Å²) < 4.78 is 31.6. The molecule has 1 aromatic rings.